The fraction of sp³-hybridized carbons (Fsp3) is 0.333. The maximum atomic E-state index is 12.8. The maximum Gasteiger partial charge on any atom is 0.421 e. The first-order chi connectivity index (χ1) is 41.2. The molecule has 0 amide bonds. The molecule has 7 rings (SSSR count). The van der Waals surface area contributed by atoms with Crippen molar-refractivity contribution in [2.45, 2.75) is 137 Å². The predicted molar refractivity (Wildman–Crippen MR) is 310 cm³/mol. The molecule has 7 aromatic carbocycles. The fourth-order valence-electron chi connectivity index (χ4n) is 10.1. The van der Waals surface area contributed by atoms with Crippen LogP contribution in [0.25, 0.3) is 65.7 Å². The Balaban J connectivity index is 1.17. The minimum absolute atomic E-state index is 0.275. The molecule has 0 saturated carbocycles. The molecule has 0 fully saturated rings. The van der Waals surface area contributed by atoms with Crippen LogP contribution in [0.1, 0.15) is 133 Å². The van der Waals surface area contributed by atoms with Crippen LogP contribution >= 0.6 is 0 Å². The second-order valence-electron chi connectivity index (χ2n) is 19.7. The Morgan fingerprint density at radius 3 is 1.52 bits per heavy atom. The van der Waals surface area contributed by atoms with Gasteiger partial charge in [0.25, 0.3) is 0 Å². The number of hydrogen-bond acceptors (Lipinski definition) is 18. The lowest BCUT2D eigenvalue weighted by atomic mass is 9.83. The number of carbonyl (C=O) groups excluding carboxylic acids is 2. The molecule has 0 saturated heterocycles. The number of fused-ring (bicyclic) bond motifs is 3. The van der Waals surface area contributed by atoms with Gasteiger partial charge in [-0.2, -0.15) is 0 Å². The van der Waals surface area contributed by atoms with Crippen LogP contribution in [0.4, 0.5) is 0 Å². The zero-order chi connectivity index (χ0) is 59.1. The summed E-state index contributed by atoms with van der Waals surface area (Å²) in [6.07, 6.45) is 18.9. The number of carbonyl (C=O) groups is 2. The van der Waals surface area contributed by atoms with E-state index in [9.17, 15) is 9.59 Å². The molecule has 18 heteroatoms. The Kier molecular flexibility index (Phi) is 26.9. The Morgan fingerprint density at radius 1 is 0.429 bits per heavy atom. The van der Waals surface area contributed by atoms with Gasteiger partial charge >= 0.3 is 11.9 Å². The summed E-state index contributed by atoms with van der Waals surface area (Å²) < 4.78 is 11.9. The average molecular weight is 1150 g/mol. The van der Waals surface area contributed by atoms with Crippen molar-refractivity contribution in [3.05, 3.63) is 131 Å². The van der Waals surface area contributed by atoms with Crippen LogP contribution in [0.2, 0.25) is 0 Å². The molecule has 0 aliphatic heterocycles. The Morgan fingerprint density at radius 2 is 0.917 bits per heavy atom. The number of esters is 1. The van der Waals surface area contributed by atoms with Gasteiger partial charge in [-0.05, 0) is 213 Å². The monoisotopic (exact) mass is 1150 g/mol. The predicted octanol–water partition coefficient (Wildman–Crippen LogP) is 15.9. The summed E-state index contributed by atoms with van der Waals surface area (Å²) in [7, 11) is 0. The average Bonchev–Trinajstić information content (AvgIpc) is 0.873. The van der Waals surface area contributed by atoms with E-state index in [1.54, 1.807) is 12.1 Å². The van der Waals surface area contributed by atoms with Crippen molar-refractivity contribution in [3.8, 4) is 80.4 Å². The molecule has 0 aliphatic rings. The Hall–Kier alpha value is -7.78. The summed E-state index contributed by atoms with van der Waals surface area (Å²) in [5.74, 6) is 12.3. The number of benzene rings is 7. The van der Waals surface area contributed by atoms with Crippen LogP contribution in [0, 0.1) is 49.4 Å². The molecule has 0 aliphatic carbocycles. The molecular formula is C66H68O18. The third kappa shape index (κ3) is 19.1. The van der Waals surface area contributed by atoms with E-state index in [4.69, 9.17) is 14.7 Å². The van der Waals surface area contributed by atoms with Crippen LogP contribution in [-0.2, 0) is 87.8 Å². The molecule has 0 unspecified atom stereocenters. The van der Waals surface area contributed by atoms with Gasteiger partial charge in [0, 0.05) is 42.1 Å². The number of aryl methyl sites for hydroxylation is 4. The molecule has 0 atom stereocenters. The first kappa shape index (κ1) is 63.8. The smallest absolute Gasteiger partial charge is 0.421 e. The highest BCUT2D eigenvalue weighted by molar-refractivity contribution is 6.22. The zero-order valence-corrected chi connectivity index (χ0v) is 47.8. The molecule has 0 bridgehead atoms. The first-order valence-electron chi connectivity index (χ1n) is 28.2. The summed E-state index contributed by atoms with van der Waals surface area (Å²) in [5.41, 5.74) is 11.9. The minimum atomic E-state index is -1.28. The molecule has 7 aromatic rings. The maximum absolute atomic E-state index is 12.8. The van der Waals surface area contributed by atoms with Crippen molar-refractivity contribution in [1.82, 2.24) is 0 Å². The number of ether oxygens (including phenoxy) is 2. The number of unbranched alkanes of at least 4 members (excludes halogenated alkanes) is 11. The van der Waals surface area contributed by atoms with Crippen LogP contribution in [0.5, 0.6) is 11.5 Å². The van der Waals surface area contributed by atoms with Crippen LogP contribution < -0.4 is 9.47 Å². The summed E-state index contributed by atoms with van der Waals surface area (Å²) in [6, 6.07) is 39.1. The van der Waals surface area contributed by atoms with Gasteiger partial charge < -0.3 is 9.47 Å². The molecule has 0 spiro atoms. The third-order valence-corrected chi connectivity index (χ3v) is 13.9. The number of hydrogen-bond donors (Lipinski definition) is 1. The van der Waals surface area contributed by atoms with Gasteiger partial charge in [-0.1, -0.05) is 176 Å². The van der Waals surface area contributed by atoms with Crippen molar-refractivity contribution < 1.29 is 89.7 Å². The van der Waals surface area contributed by atoms with Gasteiger partial charge in [0.1, 0.15) is 11.5 Å². The van der Waals surface area contributed by atoms with Crippen LogP contribution in [-0.4, -0.2) is 23.8 Å². The lowest BCUT2D eigenvalue weighted by Crippen LogP contribution is -2.06. The second-order valence-corrected chi connectivity index (χ2v) is 19.7. The quantitative estimate of drug-likeness (QED) is 0.00584. The third-order valence-electron chi connectivity index (χ3n) is 13.9. The highest BCUT2D eigenvalue weighted by Gasteiger charge is 2.21. The van der Waals surface area contributed by atoms with Gasteiger partial charge in [-0.15, -0.1) is 0 Å². The topological polar surface area (TPSA) is 193 Å². The summed E-state index contributed by atoms with van der Waals surface area (Å²) in [4.78, 5) is 28.6. The van der Waals surface area contributed by atoms with Crippen molar-refractivity contribution in [2.24, 2.45) is 0 Å². The normalized spacial score (nSPS) is 11.0. The van der Waals surface area contributed by atoms with E-state index in [1.807, 2.05) is 18.1 Å². The molecule has 84 heavy (non-hydrogen) atoms. The number of rotatable bonds is 34. The van der Waals surface area contributed by atoms with Crippen molar-refractivity contribution in [3.63, 3.8) is 0 Å². The van der Waals surface area contributed by atoms with Gasteiger partial charge in [-0.3, -0.25) is 4.89 Å². The highest BCUT2D eigenvalue weighted by Crippen LogP contribution is 2.47. The van der Waals surface area contributed by atoms with E-state index in [0.29, 0.717) is 6.61 Å². The fourth-order valence-corrected chi connectivity index (χ4v) is 10.1. The van der Waals surface area contributed by atoms with Crippen molar-refractivity contribution in [1.29, 1.82) is 0 Å². The Bertz CT molecular complexity index is 3450. The zero-order valence-electron chi connectivity index (χ0n) is 47.8. The molecule has 18 nitrogen and oxygen atoms in total. The molecule has 0 radical (unpaired) electrons. The highest BCUT2D eigenvalue weighted by atomic mass is 18.0. The van der Waals surface area contributed by atoms with E-state index >= 15 is 0 Å². The van der Waals surface area contributed by atoms with E-state index in [2.05, 4.69) is 214 Å². The first-order valence-corrected chi connectivity index (χ1v) is 28.2. The standard InChI is InChI=1S/C66H68O18/c1-6-9-12-15-18-23-44-70-54-37-31-51(32-38-54)65-57-41-28-47(4)45-59(57)64(52-33-39-55(40-34-52)71-61(67)26-21-16-17-22-27-62(68)72-74-76-78-80-82-84-83-81-79-77-75-73-69)58-43-36-53(46-60(58)65)56-42-35-49(24-19-13-10-7-2)63-48(5)29-30-50(66(56)63)25-20-14-11-8-3/h28-43,45-46,69H,6-15,18-20,23-25,44H2,1-5H3. The van der Waals surface area contributed by atoms with Crippen molar-refractivity contribution >= 4 is 44.3 Å². The molecular weight excluding hydrogens is 1080 g/mol. The molecule has 0 aromatic heterocycles. The van der Waals surface area contributed by atoms with Gasteiger partial charge in [-0.25, -0.2) is 14.8 Å². The van der Waals surface area contributed by atoms with Gasteiger partial charge in [0.05, 0.1) is 6.61 Å². The molecule has 0 heterocycles. The van der Waals surface area contributed by atoms with Crippen LogP contribution in [0.3, 0.4) is 0 Å². The van der Waals surface area contributed by atoms with E-state index in [1.165, 1.54) is 110 Å². The van der Waals surface area contributed by atoms with Gasteiger partial charge in [0.2, 0.25) is 0 Å². The minimum Gasteiger partial charge on any atom is -0.494 e. The van der Waals surface area contributed by atoms with E-state index in [0.717, 1.165) is 86.4 Å². The molecule has 440 valence electrons. The Labute approximate surface area is 487 Å². The van der Waals surface area contributed by atoms with Crippen molar-refractivity contribution in [2.75, 3.05) is 6.61 Å². The molecule has 1 N–H and O–H groups in total. The van der Waals surface area contributed by atoms with Crippen LogP contribution in [0.15, 0.2) is 109 Å². The largest absolute Gasteiger partial charge is 0.494 e. The lowest BCUT2D eigenvalue weighted by molar-refractivity contribution is -0.874. The van der Waals surface area contributed by atoms with E-state index < -0.39 is 11.9 Å². The SMILES string of the molecule is CCCCCCCCOc1ccc(-c2c3ccc(C)cc3c(-c3ccc(OC(=O)C#CC#CC#CC(=O)OOOOOOOOOOOOOO)cc3)c3ccc(-c4ccc(CCCCCC)c5c(C)ccc(CCCCCC)c45)cc23)cc1. The summed E-state index contributed by atoms with van der Waals surface area (Å²) in [6.45, 7) is 11.8. The second kappa shape index (κ2) is 35.4. The summed E-state index contributed by atoms with van der Waals surface area (Å²) in [5, 5.41) is 57.8. The van der Waals surface area contributed by atoms with Gasteiger partial charge in [0.15, 0.2) is 0 Å². The lowest BCUT2D eigenvalue weighted by Gasteiger charge is -2.21. The summed E-state index contributed by atoms with van der Waals surface area (Å²) >= 11 is 0. The van der Waals surface area contributed by atoms with E-state index in [-0.39, 0.29) is 5.75 Å².